The van der Waals surface area contributed by atoms with Gasteiger partial charge in [0, 0.05) is 12.2 Å². The molecule has 1 aromatic carbocycles. The highest BCUT2D eigenvalue weighted by Gasteiger charge is 2.11. The average molecular weight is 248 g/mol. The van der Waals surface area contributed by atoms with Gasteiger partial charge < -0.3 is 15.2 Å². The number of esters is 1. The van der Waals surface area contributed by atoms with Crippen LogP contribution in [0.3, 0.4) is 0 Å². The molecule has 0 aliphatic heterocycles. The molecular formula is C13H16N2O3. The maximum Gasteiger partial charge on any atom is 0.308 e. The molecule has 2 N–H and O–H groups in total. The molecule has 0 aromatic heterocycles. The van der Waals surface area contributed by atoms with Gasteiger partial charge in [-0.2, -0.15) is 5.26 Å². The van der Waals surface area contributed by atoms with Crippen molar-refractivity contribution in [2.75, 3.05) is 18.5 Å². The molecule has 1 atom stereocenters. The van der Waals surface area contributed by atoms with Gasteiger partial charge in [-0.25, -0.2) is 0 Å². The molecule has 0 aliphatic carbocycles. The maximum atomic E-state index is 11.1. The van der Waals surface area contributed by atoms with E-state index in [9.17, 15) is 9.90 Å². The largest absolute Gasteiger partial charge is 0.466 e. The van der Waals surface area contributed by atoms with Crippen LogP contribution in [0.2, 0.25) is 0 Å². The second kappa shape index (κ2) is 7.30. The van der Waals surface area contributed by atoms with Crippen LogP contribution in [-0.2, 0) is 9.53 Å². The molecule has 0 amide bonds. The predicted octanol–water partition coefficient (Wildman–Crippen LogP) is 1.28. The first-order valence-electron chi connectivity index (χ1n) is 5.73. The molecule has 0 spiro atoms. The SMILES string of the molecule is CCOC(=O)CC(O)CNc1cccc(C#N)c1. The van der Waals surface area contributed by atoms with Gasteiger partial charge in [0.2, 0.25) is 0 Å². The van der Waals surface area contributed by atoms with Gasteiger partial charge in [-0.3, -0.25) is 4.79 Å². The number of aliphatic hydroxyl groups excluding tert-OH is 1. The standard InChI is InChI=1S/C13H16N2O3/c1-2-18-13(17)7-12(16)9-15-11-5-3-4-10(6-11)8-14/h3-6,12,15-16H,2,7,9H2,1H3. The van der Waals surface area contributed by atoms with Gasteiger partial charge in [-0.1, -0.05) is 6.07 Å². The van der Waals surface area contributed by atoms with Crippen molar-refractivity contribution in [2.24, 2.45) is 0 Å². The lowest BCUT2D eigenvalue weighted by Gasteiger charge is -2.12. The number of anilines is 1. The van der Waals surface area contributed by atoms with Gasteiger partial charge in [0.1, 0.15) is 0 Å². The topological polar surface area (TPSA) is 82.3 Å². The summed E-state index contributed by atoms with van der Waals surface area (Å²) < 4.78 is 4.73. The van der Waals surface area contributed by atoms with E-state index in [4.69, 9.17) is 10.00 Å². The Labute approximate surface area is 106 Å². The fourth-order valence-corrected chi connectivity index (χ4v) is 1.42. The molecule has 5 nitrogen and oxygen atoms in total. The molecule has 1 rings (SSSR count). The van der Waals surface area contributed by atoms with E-state index in [0.29, 0.717) is 12.2 Å². The van der Waals surface area contributed by atoms with Crippen molar-refractivity contribution in [3.05, 3.63) is 29.8 Å². The number of rotatable bonds is 6. The van der Waals surface area contributed by atoms with Gasteiger partial charge in [0.25, 0.3) is 0 Å². The van der Waals surface area contributed by atoms with Crippen molar-refractivity contribution in [1.82, 2.24) is 0 Å². The van der Waals surface area contributed by atoms with Crippen molar-refractivity contribution in [2.45, 2.75) is 19.4 Å². The van der Waals surface area contributed by atoms with Crippen LogP contribution in [0.1, 0.15) is 18.9 Å². The van der Waals surface area contributed by atoms with Crippen LogP contribution in [0, 0.1) is 11.3 Å². The van der Waals surface area contributed by atoms with Crippen molar-refractivity contribution < 1.29 is 14.6 Å². The van der Waals surface area contributed by atoms with E-state index in [1.807, 2.05) is 6.07 Å². The summed E-state index contributed by atoms with van der Waals surface area (Å²) in [6, 6.07) is 8.94. The predicted molar refractivity (Wildman–Crippen MR) is 66.9 cm³/mol. The third kappa shape index (κ3) is 4.85. The number of nitrogens with zero attached hydrogens (tertiary/aromatic N) is 1. The Morgan fingerprint density at radius 3 is 3.06 bits per heavy atom. The number of carbonyl (C=O) groups is 1. The Kier molecular flexibility index (Phi) is 5.68. The van der Waals surface area contributed by atoms with Crippen LogP contribution in [-0.4, -0.2) is 30.3 Å². The van der Waals surface area contributed by atoms with Gasteiger partial charge >= 0.3 is 5.97 Å². The summed E-state index contributed by atoms with van der Waals surface area (Å²) in [5.74, 6) is -0.419. The number of nitrogens with one attached hydrogen (secondary N) is 1. The molecule has 0 aliphatic rings. The lowest BCUT2D eigenvalue weighted by Crippen LogP contribution is -2.23. The summed E-state index contributed by atoms with van der Waals surface area (Å²) >= 11 is 0. The minimum absolute atomic E-state index is 0.0429. The van der Waals surface area contributed by atoms with Crippen molar-refractivity contribution in [3.63, 3.8) is 0 Å². The highest BCUT2D eigenvalue weighted by Crippen LogP contribution is 2.10. The molecule has 5 heteroatoms. The minimum atomic E-state index is -0.810. The molecule has 0 bridgehead atoms. The fourth-order valence-electron chi connectivity index (χ4n) is 1.42. The van der Waals surface area contributed by atoms with E-state index in [0.717, 1.165) is 5.69 Å². The summed E-state index contributed by atoms with van der Waals surface area (Å²) in [6.07, 6.45) is -0.853. The van der Waals surface area contributed by atoms with Gasteiger partial charge in [-0.15, -0.1) is 0 Å². The van der Waals surface area contributed by atoms with Crippen molar-refractivity contribution in [3.8, 4) is 6.07 Å². The van der Waals surface area contributed by atoms with E-state index in [2.05, 4.69) is 5.32 Å². The molecule has 1 aromatic rings. The molecule has 0 fully saturated rings. The quantitative estimate of drug-likeness (QED) is 0.741. The molecule has 1 unspecified atom stereocenters. The molecule has 96 valence electrons. The highest BCUT2D eigenvalue weighted by atomic mass is 16.5. The number of hydrogen-bond donors (Lipinski definition) is 2. The van der Waals surface area contributed by atoms with Crippen LogP contribution < -0.4 is 5.32 Å². The maximum absolute atomic E-state index is 11.1. The van der Waals surface area contributed by atoms with Gasteiger partial charge in [-0.05, 0) is 25.1 Å². The van der Waals surface area contributed by atoms with Crippen molar-refractivity contribution >= 4 is 11.7 Å². The summed E-state index contributed by atoms with van der Waals surface area (Å²) in [7, 11) is 0. The number of ether oxygens (including phenoxy) is 1. The average Bonchev–Trinajstić information content (AvgIpc) is 2.37. The van der Waals surface area contributed by atoms with Crippen LogP contribution in [0.4, 0.5) is 5.69 Å². The first-order chi connectivity index (χ1) is 8.65. The Morgan fingerprint density at radius 2 is 2.39 bits per heavy atom. The molecule has 0 heterocycles. The number of carbonyl (C=O) groups excluding carboxylic acids is 1. The van der Waals surface area contributed by atoms with Crippen LogP contribution in [0.25, 0.3) is 0 Å². The Bertz CT molecular complexity index is 440. The summed E-state index contributed by atoms with van der Waals surface area (Å²) in [4.78, 5) is 11.1. The highest BCUT2D eigenvalue weighted by molar-refractivity contribution is 5.70. The summed E-state index contributed by atoms with van der Waals surface area (Å²) in [5.41, 5.74) is 1.27. The third-order valence-electron chi connectivity index (χ3n) is 2.24. The molecule has 0 saturated carbocycles. The van der Waals surface area contributed by atoms with Crippen LogP contribution >= 0.6 is 0 Å². The van der Waals surface area contributed by atoms with Crippen LogP contribution in [0.15, 0.2) is 24.3 Å². The Balaban J connectivity index is 2.40. The van der Waals surface area contributed by atoms with Crippen molar-refractivity contribution in [1.29, 1.82) is 5.26 Å². The number of nitriles is 1. The monoisotopic (exact) mass is 248 g/mol. The minimum Gasteiger partial charge on any atom is -0.466 e. The number of hydrogen-bond acceptors (Lipinski definition) is 5. The molecular weight excluding hydrogens is 232 g/mol. The van der Waals surface area contributed by atoms with E-state index < -0.39 is 12.1 Å². The summed E-state index contributed by atoms with van der Waals surface area (Å²) in [6.45, 7) is 2.26. The van der Waals surface area contributed by atoms with E-state index in [-0.39, 0.29) is 13.0 Å². The smallest absolute Gasteiger partial charge is 0.308 e. The fraction of sp³-hybridized carbons (Fsp3) is 0.385. The van der Waals surface area contributed by atoms with Crippen LogP contribution in [0.5, 0.6) is 0 Å². The Morgan fingerprint density at radius 1 is 1.61 bits per heavy atom. The Hall–Kier alpha value is -2.06. The summed E-state index contributed by atoms with van der Waals surface area (Å²) in [5, 5.41) is 21.3. The lowest BCUT2D eigenvalue weighted by atomic mass is 10.2. The lowest BCUT2D eigenvalue weighted by molar-refractivity contribution is -0.145. The van der Waals surface area contributed by atoms with Gasteiger partial charge in [0.05, 0.1) is 30.8 Å². The third-order valence-corrected chi connectivity index (χ3v) is 2.24. The first-order valence-corrected chi connectivity index (χ1v) is 5.73. The zero-order valence-corrected chi connectivity index (χ0v) is 10.2. The van der Waals surface area contributed by atoms with Gasteiger partial charge in [0.15, 0.2) is 0 Å². The zero-order chi connectivity index (χ0) is 13.4. The second-order valence-corrected chi connectivity index (χ2v) is 3.74. The number of aliphatic hydroxyl groups is 1. The van der Waals surface area contributed by atoms with E-state index in [1.165, 1.54) is 0 Å². The van der Waals surface area contributed by atoms with E-state index in [1.54, 1.807) is 31.2 Å². The first kappa shape index (κ1) is 14.0. The molecule has 18 heavy (non-hydrogen) atoms. The second-order valence-electron chi connectivity index (χ2n) is 3.74. The normalized spacial score (nSPS) is 11.4. The number of benzene rings is 1. The van der Waals surface area contributed by atoms with E-state index >= 15 is 0 Å². The molecule has 0 radical (unpaired) electrons. The molecule has 0 saturated heterocycles. The zero-order valence-electron chi connectivity index (χ0n) is 10.2.